The highest BCUT2D eigenvalue weighted by Gasteiger charge is 2.26. The van der Waals surface area contributed by atoms with Crippen LogP contribution >= 0.6 is 0 Å². The van der Waals surface area contributed by atoms with E-state index in [1.165, 1.54) is 0 Å². The Hall–Kier alpha value is -1.62. The van der Waals surface area contributed by atoms with Crippen LogP contribution in [0.2, 0.25) is 0 Å². The molecule has 5 nitrogen and oxygen atoms in total. The maximum atomic E-state index is 12.6. The van der Waals surface area contributed by atoms with Gasteiger partial charge in [0.1, 0.15) is 5.82 Å². The zero-order chi connectivity index (χ0) is 13.8. The van der Waals surface area contributed by atoms with Crippen molar-refractivity contribution in [2.24, 2.45) is 0 Å². The van der Waals surface area contributed by atoms with E-state index in [-0.39, 0.29) is 11.9 Å². The first-order valence-electron chi connectivity index (χ1n) is 6.83. The number of nitrogens with zero attached hydrogens (tertiary/aromatic N) is 3. The number of rotatable bonds is 2. The van der Waals surface area contributed by atoms with E-state index in [9.17, 15) is 4.79 Å². The van der Waals surface area contributed by atoms with E-state index in [4.69, 9.17) is 5.73 Å². The molecular formula is C14H22N4O. The van der Waals surface area contributed by atoms with Crippen molar-refractivity contribution in [2.45, 2.75) is 25.8 Å². The second-order valence-electron chi connectivity index (χ2n) is 5.15. The van der Waals surface area contributed by atoms with E-state index >= 15 is 0 Å². The summed E-state index contributed by atoms with van der Waals surface area (Å²) in [4.78, 5) is 20.8. The first-order chi connectivity index (χ1) is 9.11. The highest BCUT2D eigenvalue weighted by molar-refractivity contribution is 5.95. The van der Waals surface area contributed by atoms with Crippen LogP contribution in [0.25, 0.3) is 0 Å². The summed E-state index contributed by atoms with van der Waals surface area (Å²) >= 11 is 0. The van der Waals surface area contributed by atoms with Crippen molar-refractivity contribution in [1.82, 2.24) is 14.8 Å². The molecule has 19 heavy (non-hydrogen) atoms. The molecule has 0 aromatic carbocycles. The van der Waals surface area contributed by atoms with Crippen LogP contribution in [0, 0.1) is 0 Å². The Bertz CT molecular complexity index is 449. The summed E-state index contributed by atoms with van der Waals surface area (Å²) < 4.78 is 0. The van der Waals surface area contributed by atoms with Crippen LogP contribution in [0.15, 0.2) is 18.3 Å². The Morgan fingerprint density at radius 2 is 2.32 bits per heavy atom. The number of hydrogen-bond donors (Lipinski definition) is 1. The number of nitrogen functional groups attached to an aromatic ring is 1. The Labute approximate surface area is 114 Å². The van der Waals surface area contributed by atoms with Gasteiger partial charge >= 0.3 is 0 Å². The van der Waals surface area contributed by atoms with Gasteiger partial charge in [0.15, 0.2) is 0 Å². The van der Waals surface area contributed by atoms with Crippen molar-refractivity contribution in [3.63, 3.8) is 0 Å². The molecule has 1 aromatic heterocycles. The second kappa shape index (κ2) is 6.02. The fourth-order valence-corrected chi connectivity index (χ4v) is 2.61. The SMILES string of the molecule is CCC1CN(C)CCCN1C(=O)c1ccnc(N)c1. The number of carbonyl (C=O) groups excluding carboxylic acids is 1. The van der Waals surface area contributed by atoms with E-state index in [0.717, 1.165) is 32.5 Å². The van der Waals surface area contributed by atoms with Gasteiger partial charge < -0.3 is 15.5 Å². The van der Waals surface area contributed by atoms with Gasteiger partial charge in [-0.1, -0.05) is 6.92 Å². The number of nitrogens with two attached hydrogens (primary N) is 1. The number of amides is 1. The van der Waals surface area contributed by atoms with Gasteiger partial charge in [0, 0.05) is 30.9 Å². The predicted molar refractivity (Wildman–Crippen MR) is 75.9 cm³/mol. The lowest BCUT2D eigenvalue weighted by atomic mass is 10.1. The molecule has 2 N–H and O–H groups in total. The number of pyridine rings is 1. The Kier molecular flexibility index (Phi) is 4.37. The summed E-state index contributed by atoms with van der Waals surface area (Å²) in [5, 5.41) is 0. The largest absolute Gasteiger partial charge is 0.384 e. The number of anilines is 1. The second-order valence-corrected chi connectivity index (χ2v) is 5.15. The minimum atomic E-state index is 0.0660. The molecule has 1 aliphatic heterocycles. The maximum Gasteiger partial charge on any atom is 0.254 e. The molecule has 5 heteroatoms. The molecule has 1 atom stereocenters. The molecule has 1 aromatic rings. The van der Waals surface area contributed by atoms with Crippen molar-refractivity contribution >= 4 is 11.7 Å². The van der Waals surface area contributed by atoms with Gasteiger partial charge in [-0.3, -0.25) is 4.79 Å². The molecule has 2 rings (SSSR count). The summed E-state index contributed by atoms with van der Waals surface area (Å²) in [5.74, 6) is 0.460. The van der Waals surface area contributed by atoms with Crippen molar-refractivity contribution in [2.75, 3.05) is 32.4 Å². The van der Waals surface area contributed by atoms with Gasteiger partial charge in [0.25, 0.3) is 5.91 Å². The molecule has 1 fully saturated rings. The Morgan fingerprint density at radius 1 is 1.53 bits per heavy atom. The molecule has 1 saturated heterocycles. The van der Waals surface area contributed by atoms with Crippen molar-refractivity contribution < 1.29 is 4.79 Å². The summed E-state index contributed by atoms with van der Waals surface area (Å²) in [6, 6.07) is 3.67. The zero-order valence-electron chi connectivity index (χ0n) is 11.7. The lowest BCUT2D eigenvalue weighted by Gasteiger charge is -2.30. The summed E-state index contributed by atoms with van der Waals surface area (Å²) in [5.41, 5.74) is 6.29. The average molecular weight is 262 g/mol. The van der Waals surface area contributed by atoms with Crippen LogP contribution in [-0.2, 0) is 0 Å². The maximum absolute atomic E-state index is 12.6. The fourth-order valence-electron chi connectivity index (χ4n) is 2.61. The molecule has 1 aliphatic rings. The number of carbonyl (C=O) groups is 1. The number of aromatic nitrogens is 1. The summed E-state index contributed by atoms with van der Waals surface area (Å²) in [7, 11) is 2.11. The van der Waals surface area contributed by atoms with E-state index in [1.54, 1.807) is 18.3 Å². The Morgan fingerprint density at radius 3 is 3.00 bits per heavy atom. The lowest BCUT2D eigenvalue weighted by Crippen LogP contribution is -2.43. The quantitative estimate of drug-likeness (QED) is 0.870. The van der Waals surface area contributed by atoms with Crippen molar-refractivity contribution in [3.8, 4) is 0 Å². The van der Waals surface area contributed by atoms with Crippen LogP contribution in [0.3, 0.4) is 0 Å². The molecule has 0 saturated carbocycles. The van der Waals surface area contributed by atoms with Gasteiger partial charge in [-0.2, -0.15) is 0 Å². The third kappa shape index (κ3) is 3.23. The van der Waals surface area contributed by atoms with Gasteiger partial charge in [-0.25, -0.2) is 4.98 Å². The van der Waals surface area contributed by atoms with Crippen LogP contribution in [0.4, 0.5) is 5.82 Å². The topological polar surface area (TPSA) is 62.5 Å². The van der Waals surface area contributed by atoms with E-state index in [1.807, 2.05) is 4.90 Å². The molecular weight excluding hydrogens is 240 g/mol. The van der Waals surface area contributed by atoms with E-state index in [0.29, 0.717) is 11.4 Å². The van der Waals surface area contributed by atoms with Crippen LogP contribution in [0.5, 0.6) is 0 Å². The van der Waals surface area contributed by atoms with Crippen LogP contribution in [0.1, 0.15) is 30.1 Å². The van der Waals surface area contributed by atoms with Gasteiger partial charge in [0.2, 0.25) is 0 Å². The third-order valence-corrected chi connectivity index (χ3v) is 3.66. The molecule has 0 radical (unpaired) electrons. The highest BCUT2D eigenvalue weighted by atomic mass is 16.2. The minimum absolute atomic E-state index is 0.0660. The molecule has 2 heterocycles. The van der Waals surface area contributed by atoms with Crippen LogP contribution in [-0.4, -0.2) is 53.4 Å². The average Bonchev–Trinajstić information content (AvgIpc) is 2.59. The fraction of sp³-hybridized carbons (Fsp3) is 0.571. The molecule has 1 unspecified atom stereocenters. The number of likely N-dealkylation sites (N-methyl/N-ethyl adjacent to an activating group) is 1. The first-order valence-corrected chi connectivity index (χ1v) is 6.83. The summed E-state index contributed by atoms with van der Waals surface area (Å²) in [6.45, 7) is 4.91. The lowest BCUT2D eigenvalue weighted by molar-refractivity contribution is 0.0675. The van der Waals surface area contributed by atoms with Gasteiger partial charge in [0.05, 0.1) is 0 Å². The van der Waals surface area contributed by atoms with E-state index in [2.05, 4.69) is 23.9 Å². The van der Waals surface area contributed by atoms with Crippen LogP contribution < -0.4 is 5.73 Å². The summed E-state index contributed by atoms with van der Waals surface area (Å²) in [6.07, 6.45) is 3.57. The molecule has 104 valence electrons. The molecule has 0 bridgehead atoms. The highest BCUT2D eigenvalue weighted by Crippen LogP contribution is 2.16. The van der Waals surface area contributed by atoms with Gasteiger partial charge in [-0.15, -0.1) is 0 Å². The minimum Gasteiger partial charge on any atom is -0.384 e. The monoisotopic (exact) mass is 262 g/mol. The van der Waals surface area contributed by atoms with Gasteiger partial charge in [-0.05, 0) is 38.6 Å². The standard InChI is InChI=1S/C14H22N4O/c1-3-12-10-17(2)7-4-8-18(12)14(19)11-5-6-16-13(15)9-11/h5-6,9,12H,3-4,7-8,10H2,1-2H3,(H2,15,16). The molecule has 0 spiro atoms. The smallest absolute Gasteiger partial charge is 0.254 e. The predicted octanol–water partition coefficient (Wildman–Crippen LogP) is 1.22. The normalized spacial score (nSPS) is 21.2. The molecule has 1 amide bonds. The Balaban J connectivity index is 2.20. The van der Waals surface area contributed by atoms with Crippen molar-refractivity contribution in [3.05, 3.63) is 23.9 Å². The number of hydrogen-bond acceptors (Lipinski definition) is 4. The van der Waals surface area contributed by atoms with Crippen molar-refractivity contribution in [1.29, 1.82) is 0 Å². The van der Waals surface area contributed by atoms with E-state index < -0.39 is 0 Å². The zero-order valence-corrected chi connectivity index (χ0v) is 11.7. The first kappa shape index (κ1) is 13.8. The third-order valence-electron chi connectivity index (χ3n) is 3.66. The molecule has 0 aliphatic carbocycles.